The van der Waals surface area contributed by atoms with Crippen molar-refractivity contribution in [3.05, 3.63) is 68.9 Å². The topological polar surface area (TPSA) is 118 Å². The minimum absolute atomic E-state index is 0.0418. The van der Waals surface area contributed by atoms with E-state index in [1.54, 1.807) is 24.3 Å². The zero-order chi connectivity index (χ0) is 24.1. The Hall–Kier alpha value is -3.21. The van der Waals surface area contributed by atoms with Crippen molar-refractivity contribution < 1.29 is 23.2 Å². The summed E-state index contributed by atoms with van der Waals surface area (Å²) < 4.78 is 30.2. The van der Waals surface area contributed by atoms with Crippen LogP contribution in [0.1, 0.15) is 28.9 Å². The zero-order valence-electron chi connectivity index (χ0n) is 18.4. The van der Waals surface area contributed by atoms with Gasteiger partial charge in [-0.1, -0.05) is 22.8 Å². The maximum Gasteiger partial charge on any atom is 0.439 e. The zero-order valence-corrected chi connectivity index (χ0v) is 19.2. The average molecular weight is 491 g/mol. The molecule has 0 bridgehead atoms. The number of hydrogen-bond acceptors (Lipinski definition) is 7. The molecule has 0 saturated carbocycles. The number of nitrogens with zero attached hydrogens (tertiary/aromatic N) is 1. The van der Waals surface area contributed by atoms with Crippen LogP contribution in [0.4, 0.5) is 4.39 Å². The first kappa shape index (κ1) is 23.9. The maximum atomic E-state index is 14.0. The van der Waals surface area contributed by atoms with Crippen LogP contribution >= 0.6 is 11.6 Å². The van der Waals surface area contributed by atoms with Crippen molar-refractivity contribution >= 4 is 17.5 Å². The Kier molecular flexibility index (Phi) is 7.61. The van der Waals surface area contributed by atoms with E-state index >= 15 is 0 Å². The maximum absolute atomic E-state index is 14.0. The monoisotopic (exact) mass is 490 g/mol. The highest BCUT2D eigenvalue weighted by Gasteiger charge is 2.27. The number of benzene rings is 2. The molecule has 0 spiro atoms. The molecule has 1 saturated heterocycles. The van der Waals surface area contributed by atoms with E-state index < -0.39 is 17.7 Å². The Balaban J connectivity index is 1.52. The number of H-pyrrole nitrogens is 1. The smallest absolute Gasteiger partial charge is 0.439 e. The largest absolute Gasteiger partial charge is 0.493 e. The van der Waals surface area contributed by atoms with Gasteiger partial charge in [-0.15, -0.1) is 0 Å². The van der Waals surface area contributed by atoms with Crippen LogP contribution in [0.25, 0.3) is 11.4 Å². The van der Waals surface area contributed by atoms with Gasteiger partial charge in [-0.3, -0.25) is 14.3 Å². The summed E-state index contributed by atoms with van der Waals surface area (Å²) in [6, 6.07) is 9.42. The molecule has 1 fully saturated rings. The third-order valence-corrected chi connectivity index (χ3v) is 5.75. The lowest BCUT2D eigenvalue weighted by Gasteiger charge is -2.25. The van der Waals surface area contributed by atoms with Gasteiger partial charge in [0.1, 0.15) is 11.6 Å². The highest BCUT2D eigenvalue weighted by Crippen LogP contribution is 2.30. The molecule has 1 aliphatic heterocycles. The van der Waals surface area contributed by atoms with Gasteiger partial charge in [0.25, 0.3) is 5.91 Å². The molecule has 1 aliphatic rings. The highest BCUT2D eigenvalue weighted by atomic mass is 35.5. The number of ether oxygens (including phenoxy) is 2. The third-order valence-electron chi connectivity index (χ3n) is 5.44. The van der Waals surface area contributed by atoms with Gasteiger partial charge in [0.05, 0.1) is 29.9 Å². The second-order valence-corrected chi connectivity index (χ2v) is 8.13. The number of carbonyl (C=O) groups is 1. The second-order valence-electron chi connectivity index (χ2n) is 7.73. The van der Waals surface area contributed by atoms with Crippen molar-refractivity contribution in [2.75, 3.05) is 32.8 Å². The minimum Gasteiger partial charge on any atom is -0.493 e. The number of halogens is 2. The molecule has 34 heavy (non-hydrogen) atoms. The van der Waals surface area contributed by atoms with Crippen molar-refractivity contribution in [2.24, 2.45) is 5.92 Å². The molecule has 2 aromatic carbocycles. The number of amides is 1. The molecule has 11 heteroatoms. The van der Waals surface area contributed by atoms with Crippen molar-refractivity contribution in [3.63, 3.8) is 0 Å². The predicted molar refractivity (Wildman–Crippen MR) is 123 cm³/mol. The molecule has 0 unspecified atom stereocenters. The van der Waals surface area contributed by atoms with Crippen LogP contribution in [-0.2, 0) is 4.74 Å². The van der Waals surface area contributed by atoms with Crippen LogP contribution in [0.5, 0.6) is 5.75 Å². The van der Waals surface area contributed by atoms with Gasteiger partial charge in [-0.2, -0.15) is 0 Å². The Morgan fingerprint density at radius 3 is 2.91 bits per heavy atom. The molecule has 3 N–H and O–H groups in total. The fraction of sp³-hybridized carbons (Fsp3) is 0.348. The summed E-state index contributed by atoms with van der Waals surface area (Å²) in [7, 11) is 0. The molecular formula is C23H24ClFN4O5. The van der Waals surface area contributed by atoms with E-state index in [1.807, 2.05) is 6.92 Å². The number of aromatic nitrogens is 2. The van der Waals surface area contributed by atoms with Gasteiger partial charge in [0.15, 0.2) is 5.82 Å². The van der Waals surface area contributed by atoms with E-state index in [4.69, 9.17) is 21.1 Å². The second kappa shape index (κ2) is 10.8. The number of nitrogens with one attached hydrogen (secondary N) is 3. The SMILES string of the molecule is CCOc1ccc(C(=O)NC[C@@H]2CNCCO[C@H]2c2ccc(Cl)c(F)c2)cc1-c1noc(=O)[nH]1. The first-order valence-corrected chi connectivity index (χ1v) is 11.2. The molecule has 4 rings (SSSR count). The lowest BCUT2D eigenvalue weighted by atomic mass is 9.95. The van der Waals surface area contributed by atoms with Crippen LogP contribution < -0.4 is 21.1 Å². The molecule has 1 aromatic heterocycles. The third kappa shape index (κ3) is 5.46. The van der Waals surface area contributed by atoms with Crippen molar-refractivity contribution in [1.82, 2.24) is 20.8 Å². The molecule has 3 aromatic rings. The summed E-state index contributed by atoms with van der Waals surface area (Å²) in [5.41, 5.74) is 1.43. The Morgan fingerprint density at radius 2 is 2.18 bits per heavy atom. The number of carbonyl (C=O) groups excluding carboxylic acids is 1. The summed E-state index contributed by atoms with van der Waals surface area (Å²) in [5, 5.41) is 9.94. The summed E-state index contributed by atoms with van der Waals surface area (Å²) >= 11 is 5.82. The van der Waals surface area contributed by atoms with Crippen molar-refractivity contribution in [3.8, 4) is 17.1 Å². The molecule has 180 valence electrons. The highest BCUT2D eigenvalue weighted by molar-refractivity contribution is 6.30. The summed E-state index contributed by atoms with van der Waals surface area (Å²) in [6.45, 7) is 4.17. The van der Waals surface area contributed by atoms with Gasteiger partial charge < -0.3 is 20.1 Å². The van der Waals surface area contributed by atoms with Crippen LogP contribution in [0.2, 0.25) is 5.02 Å². The minimum atomic E-state index is -0.710. The van der Waals surface area contributed by atoms with Crippen LogP contribution in [0.3, 0.4) is 0 Å². The molecule has 2 heterocycles. The van der Waals surface area contributed by atoms with Gasteiger partial charge in [0.2, 0.25) is 0 Å². The summed E-state index contributed by atoms with van der Waals surface area (Å²) in [4.78, 5) is 26.8. The fourth-order valence-corrected chi connectivity index (χ4v) is 3.95. The summed E-state index contributed by atoms with van der Waals surface area (Å²) in [6.07, 6.45) is -0.418. The van der Waals surface area contributed by atoms with E-state index in [-0.39, 0.29) is 29.2 Å². The van der Waals surface area contributed by atoms with Crippen LogP contribution in [-0.4, -0.2) is 48.9 Å². The van der Waals surface area contributed by atoms with E-state index in [9.17, 15) is 14.0 Å². The van der Waals surface area contributed by atoms with E-state index in [0.717, 1.165) is 0 Å². The van der Waals surface area contributed by atoms with Gasteiger partial charge in [-0.25, -0.2) is 9.18 Å². The normalized spacial score (nSPS) is 18.3. The van der Waals surface area contributed by atoms with E-state index in [0.29, 0.717) is 48.7 Å². The molecular weight excluding hydrogens is 467 g/mol. The van der Waals surface area contributed by atoms with Gasteiger partial charge >= 0.3 is 5.76 Å². The van der Waals surface area contributed by atoms with E-state index in [2.05, 4.69) is 25.3 Å². The van der Waals surface area contributed by atoms with Crippen LogP contribution in [0, 0.1) is 11.7 Å². The van der Waals surface area contributed by atoms with Crippen molar-refractivity contribution in [1.29, 1.82) is 0 Å². The summed E-state index contributed by atoms with van der Waals surface area (Å²) in [5.74, 6) is -1.10. The number of hydrogen-bond donors (Lipinski definition) is 3. The fourth-order valence-electron chi connectivity index (χ4n) is 3.84. The first-order valence-electron chi connectivity index (χ1n) is 10.8. The molecule has 0 radical (unpaired) electrons. The van der Waals surface area contributed by atoms with E-state index in [1.165, 1.54) is 12.1 Å². The molecule has 0 aliphatic carbocycles. The quantitative estimate of drug-likeness (QED) is 0.466. The predicted octanol–water partition coefficient (Wildman–Crippen LogP) is 2.93. The number of rotatable bonds is 7. The first-order chi connectivity index (χ1) is 16.5. The van der Waals surface area contributed by atoms with Gasteiger partial charge in [-0.05, 0) is 42.8 Å². The van der Waals surface area contributed by atoms with Crippen LogP contribution in [0.15, 0.2) is 45.7 Å². The van der Waals surface area contributed by atoms with Crippen molar-refractivity contribution in [2.45, 2.75) is 13.0 Å². The molecule has 9 nitrogen and oxygen atoms in total. The standard InChI is InChI=1S/C23H24ClFN4O5/c1-2-32-19-6-4-14(9-16(19)21-28-23(31)34-29-21)22(30)27-12-15-11-26-7-8-33-20(15)13-3-5-17(24)18(25)10-13/h3-6,9-10,15,20,26H,2,7-8,11-12H2,1H3,(H,27,30)(H,28,29,31)/t15-,20-/m0/s1. The Morgan fingerprint density at radius 1 is 1.32 bits per heavy atom. The Bertz CT molecular complexity index is 1210. The number of aromatic amines is 1. The lowest BCUT2D eigenvalue weighted by Crippen LogP contribution is -2.36. The molecule has 2 atom stereocenters. The Labute approximate surface area is 199 Å². The average Bonchev–Trinajstić information content (AvgIpc) is 3.12. The lowest BCUT2D eigenvalue weighted by molar-refractivity contribution is 0.0304. The molecule has 1 amide bonds. The van der Waals surface area contributed by atoms with Gasteiger partial charge in [0, 0.05) is 31.1 Å².